The Morgan fingerprint density at radius 2 is 1.90 bits per heavy atom. The molecular formula is C15H28N2O3. The van der Waals surface area contributed by atoms with E-state index in [1.165, 1.54) is 0 Å². The molecule has 1 fully saturated rings. The van der Waals surface area contributed by atoms with Gasteiger partial charge in [-0.05, 0) is 50.0 Å². The molecule has 5 heteroatoms. The fraction of sp³-hybridized carbons (Fsp3) is 0.867. The minimum Gasteiger partial charge on any atom is -0.480 e. The summed E-state index contributed by atoms with van der Waals surface area (Å²) in [4.78, 5) is 23.2. The average molecular weight is 284 g/mol. The summed E-state index contributed by atoms with van der Waals surface area (Å²) >= 11 is 0. The molecule has 5 nitrogen and oxygen atoms in total. The van der Waals surface area contributed by atoms with Crippen LogP contribution in [0.15, 0.2) is 0 Å². The van der Waals surface area contributed by atoms with E-state index in [9.17, 15) is 14.7 Å². The van der Waals surface area contributed by atoms with Crippen LogP contribution >= 0.6 is 0 Å². The first-order valence-corrected chi connectivity index (χ1v) is 7.46. The van der Waals surface area contributed by atoms with Gasteiger partial charge in [0.2, 0.25) is 5.91 Å². The van der Waals surface area contributed by atoms with E-state index in [0.29, 0.717) is 31.7 Å². The Bertz CT molecular complexity index is 357. The fourth-order valence-corrected chi connectivity index (χ4v) is 2.77. The standard InChI is InChI=1S/C15H28N2O3/c1-14(2,3)11(7-10-16)5-6-12(18)17-15(13(19)20)8-4-9-15/h11H,4-10,16H2,1-3H3,(H,17,18)(H,19,20). The van der Waals surface area contributed by atoms with Crippen molar-refractivity contribution in [3.63, 3.8) is 0 Å². The lowest BCUT2D eigenvalue weighted by Crippen LogP contribution is -2.59. The minimum absolute atomic E-state index is 0.112. The Hall–Kier alpha value is -1.10. The highest BCUT2D eigenvalue weighted by atomic mass is 16.4. The first-order chi connectivity index (χ1) is 9.21. The summed E-state index contributed by atoms with van der Waals surface area (Å²) < 4.78 is 0. The van der Waals surface area contributed by atoms with Crippen molar-refractivity contribution in [3.05, 3.63) is 0 Å². The van der Waals surface area contributed by atoms with Crippen LogP contribution in [0.1, 0.15) is 59.3 Å². The number of carboxylic acid groups (broad SMARTS) is 1. The zero-order chi connectivity index (χ0) is 15.4. The molecule has 0 aliphatic heterocycles. The van der Waals surface area contributed by atoms with Gasteiger partial charge in [-0.3, -0.25) is 4.79 Å². The molecule has 20 heavy (non-hydrogen) atoms. The van der Waals surface area contributed by atoms with Crippen molar-refractivity contribution in [1.82, 2.24) is 5.32 Å². The molecule has 0 heterocycles. The lowest BCUT2D eigenvalue weighted by molar-refractivity contribution is -0.151. The van der Waals surface area contributed by atoms with E-state index in [2.05, 4.69) is 26.1 Å². The zero-order valence-corrected chi connectivity index (χ0v) is 12.9. The van der Waals surface area contributed by atoms with Crippen molar-refractivity contribution in [1.29, 1.82) is 0 Å². The molecule has 116 valence electrons. The van der Waals surface area contributed by atoms with Gasteiger partial charge in [0.1, 0.15) is 5.54 Å². The number of carbonyl (C=O) groups is 2. The summed E-state index contributed by atoms with van der Waals surface area (Å²) in [5.41, 5.74) is 4.74. The average Bonchev–Trinajstić information content (AvgIpc) is 2.27. The fourth-order valence-electron chi connectivity index (χ4n) is 2.77. The molecule has 0 aromatic heterocycles. The van der Waals surface area contributed by atoms with Crippen LogP contribution in [-0.4, -0.2) is 29.1 Å². The molecule has 0 saturated heterocycles. The quantitative estimate of drug-likeness (QED) is 0.665. The molecule has 1 atom stereocenters. The van der Waals surface area contributed by atoms with Crippen molar-refractivity contribution in [2.75, 3.05) is 6.54 Å². The molecule has 1 aliphatic rings. The van der Waals surface area contributed by atoms with E-state index in [4.69, 9.17) is 5.73 Å². The number of carbonyl (C=O) groups excluding carboxylic acids is 1. The van der Waals surface area contributed by atoms with Crippen molar-refractivity contribution < 1.29 is 14.7 Å². The first-order valence-electron chi connectivity index (χ1n) is 7.46. The second-order valence-electron chi connectivity index (χ2n) is 6.97. The van der Waals surface area contributed by atoms with Gasteiger partial charge in [0.15, 0.2) is 0 Å². The van der Waals surface area contributed by atoms with Crippen LogP contribution < -0.4 is 11.1 Å². The number of rotatable bonds is 7. The molecule has 1 saturated carbocycles. The molecule has 1 rings (SSSR count). The second-order valence-corrected chi connectivity index (χ2v) is 6.97. The molecule has 1 unspecified atom stereocenters. The van der Waals surface area contributed by atoms with Gasteiger partial charge in [-0.15, -0.1) is 0 Å². The molecule has 0 bridgehead atoms. The largest absolute Gasteiger partial charge is 0.480 e. The Labute approximate surface area is 121 Å². The molecule has 0 aromatic rings. The van der Waals surface area contributed by atoms with Gasteiger partial charge in [0, 0.05) is 6.42 Å². The third-order valence-corrected chi connectivity index (χ3v) is 4.45. The Kier molecular flexibility index (Phi) is 5.57. The number of hydrogen-bond acceptors (Lipinski definition) is 3. The Balaban J connectivity index is 2.48. The van der Waals surface area contributed by atoms with E-state index in [-0.39, 0.29) is 11.3 Å². The predicted octanol–water partition coefficient (Wildman–Crippen LogP) is 1.90. The van der Waals surface area contributed by atoms with Gasteiger partial charge in [-0.2, -0.15) is 0 Å². The van der Waals surface area contributed by atoms with Crippen LogP contribution in [0.4, 0.5) is 0 Å². The van der Waals surface area contributed by atoms with Crippen LogP contribution in [0, 0.1) is 11.3 Å². The van der Waals surface area contributed by atoms with Crippen molar-refractivity contribution >= 4 is 11.9 Å². The van der Waals surface area contributed by atoms with Crippen molar-refractivity contribution in [3.8, 4) is 0 Å². The van der Waals surface area contributed by atoms with E-state index in [1.807, 2.05) is 0 Å². The van der Waals surface area contributed by atoms with E-state index in [0.717, 1.165) is 19.3 Å². The molecule has 1 amide bonds. The second kappa shape index (κ2) is 6.57. The van der Waals surface area contributed by atoms with Gasteiger partial charge in [-0.25, -0.2) is 4.79 Å². The summed E-state index contributed by atoms with van der Waals surface area (Å²) in [6.45, 7) is 7.06. The highest BCUT2D eigenvalue weighted by Gasteiger charge is 2.45. The molecule has 0 aromatic carbocycles. The summed E-state index contributed by atoms with van der Waals surface area (Å²) in [7, 11) is 0. The number of nitrogens with two attached hydrogens (primary N) is 1. The van der Waals surface area contributed by atoms with Crippen LogP contribution in [-0.2, 0) is 9.59 Å². The first kappa shape index (κ1) is 17.0. The maximum Gasteiger partial charge on any atom is 0.329 e. The van der Waals surface area contributed by atoms with Crippen LogP contribution in [0.2, 0.25) is 0 Å². The molecule has 0 spiro atoms. The third kappa shape index (κ3) is 4.20. The van der Waals surface area contributed by atoms with Gasteiger partial charge >= 0.3 is 5.97 Å². The number of aliphatic carboxylic acids is 1. The number of carboxylic acids is 1. The molecular weight excluding hydrogens is 256 g/mol. The molecule has 1 aliphatic carbocycles. The van der Waals surface area contributed by atoms with E-state index < -0.39 is 11.5 Å². The maximum absolute atomic E-state index is 12.0. The van der Waals surface area contributed by atoms with E-state index in [1.54, 1.807) is 0 Å². The lowest BCUT2D eigenvalue weighted by atomic mass is 9.75. The van der Waals surface area contributed by atoms with Gasteiger partial charge < -0.3 is 16.2 Å². The van der Waals surface area contributed by atoms with E-state index >= 15 is 0 Å². The maximum atomic E-state index is 12.0. The summed E-state index contributed by atoms with van der Waals surface area (Å²) in [6.07, 6.45) is 3.96. The summed E-state index contributed by atoms with van der Waals surface area (Å²) in [5.74, 6) is -0.690. The summed E-state index contributed by atoms with van der Waals surface area (Å²) in [5, 5.41) is 11.9. The number of nitrogens with one attached hydrogen (secondary N) is 1. The monoisotopic (exact) mass is 284 g/mol. The van der Waals surface area contributed by atoms with Gasteiger partial charge in [0.05, 0.1) is 0 Å². The minimum atomic E-state index is -0.998. The smallest absolute Gasteiger partial charge is 0.329 e. The van der Waals surface area contributed by atoms with Crippen molar-refractivity contribution in [2.24, 2.45) is 17.1 Å². The Morgan fingerprint density at radius 1 is 1.30 bits per heavy atom. The summed E-state index contributed by atoms with van der Waals surface area (Å²) in [6, 6.07) is 0. The van der Waals surface area contributed by atoms with Crippen LogP contribution in [0.25, 0.3) is 0 Å². The highest BCUT2D eigenvalue weighted by Crippen LogP contribution is 2.34. The van der Waals surface area contributed by atoms with Gasteiger partial charge in [0.25, 0.3) is 0 Å². The van der Waals surface area contributed by atoms with Crippen molar-refractivity contribution in [2.45, 2.75) is 64.8 Å². The predicted molar refractivity (Wildman–Crippen MR) is 78.2 cm³/mol. The zero-order valence-electron chi connectivity index (χ0n) is 12.9. The lowest BCUT2D eigenvalue weighted by Gasteiger charge is -2.38. The van der Waals surface area contributed by atoms with Crippen LogP contribution in [0.3, 0.4) is 0 Å². The number of amides is 1. The molecule has 0 radical (unpaired) electrons. The van der Waals surface area contributed by atoms with Crippen LogP contribution in [0.5, 0.6) is 0 Å². The number of hydrogen-bond donors (Lipinski definition) is 3. The molecule has 4 N–H and O–H groups in total. The SMILES string of the molecule is CC(C)(C)C(CCN)CCC(=O)NC1(C(=O)O)CCC1. The highest BCUT2D eigenvalue weighted by molar-refractivity contribution is 5.87. The Morgan fingerprint density at radius 3 is 2.25 bits per heavy atom. The third-order valence-electron chi connectivity index (χ3n) is 4.45. The topological polar surface area (TPSA) is 92.4 Å². The van der Waals surface area contributed by atoms with Gasteiger partial charge in [-0.1, -0.05) is 20.8 Å². The normalized spacial score (nSPS) is 19.0.